The average molecular weight is 343 g/mol. The Bertz CT molecular complexity index is 649. The van der Waals surface area contributed by atoms with Gasteiger partial charge in [-0.05, 0) is 51.4 Å². The van der Waals surface area contributed by atoms with Crippen LogP contribution in [0.3, 0.4) is 0 Å². The van der Waals surface area contributed by atoms with Gasteiger partial charge in [0.05, 0.1) is 11.2 Å². The molecule has 0 bridgehead atoms. The van der Waals surface area contributed by atoms with Gasteiger partial charge in [0.2, 0.25) is 0 Å². The molecule has 4 nitrogen and oxygen atoms in total. The van der Waals surface area contributed by atoms with Crippen molar-refractivity contribution in [3.05, 3.63) is 37.2 Å². The van der Waals surface area contributed by atoms with Crippen molar-refractivity contribution in [1.29, 1.82) is 0 Å². The molecule has 2 aliphatic rings. The second kappa shape index (κ2) is 9.62. The molecule has 0 aromatic carbocycles. The average Bonchev–Trinajstić information content (AvgIpc) is 2.94. The summed E-state index contributed by atoms with van der Waals surface area (Å²) < 4.78 is 2.19. The summed E-state index contributed by atoms with van der Waals surface area (Å²) in [5, 5.41) is 0. The van der Waals surface area contributed by atoms with Crippen LogP contribution in [-0.2, 0) is 7.05 Å². The van der Waals surface area contributed by atoms with Gasteiger partial charge in [-0.3, -0.25) is 4.98 Å². The molecule has 4 rings (SSSR count). The number of nitrogens with zero attached hydrogens (tertiary/aromatic N) is 4. The van der Waals surface area contributed by atoms with Gasteiger partial charge < -0.3 is 14.4 Å². The maximum atomic E-state index is 4.59. The smallest absolute Gasteiger partial charge is 0.111 e. The second-order valence-corrected chi connectivity index (χ2v) is 6.51. The summed E-state index contributed by atoms with van der Waals surface area (Å²) in [5.41, 5.74) is 3.69. The van der Waals surface area contributed by atoms with E-state index in [1.165, 1.54) is 43.6 Å². The number of hydrogen-bond donors (Lipinski definition) is 0. The molecule has 25 heavy (non-hydrogen) atoms. The number of rotatable bonds is 2. The van der Waals surface area contributed by atoms with Gasteiger partial charge in [0.15, 0.2) is 0 Å². The first kappa shape index (κ1) is 19.5. The van der Waals surface area contributed by atoms with E-state index in [1.54, 1.807) is 6.08 Å². The molecule has 0 atom stereocenters. The van der Waals surface area contributed by atoms with Gasteiger partial charge in [-0.25, -0.2) is 0 Å². The topological polar surface area (TPSA) is 24.3 Å². The van der Waals surface area contributed by atoms with Crippen molar-refractivity contribution in [3.8, 4) is 0 Å². The lowest BCUT2D eigenvalue weighted by atomic mass is 9.99. The van der Waals surface area contributed by atoms with Crippen LogP contribution in [0, 0.1) is 0 Å². The Balaban J connectivity index is 0.000000410. The van der Waals surface area contributed by atoms with Crippen molar-refractivity contribution in [2.45, 2.75) is 46.1 Å². The summed E-state index contributed by atoms with van der Waals surface area (Å²) in [4.78, 5) is 9.76. The van der Waals surface area contributed by atoms with E-state index in [0.29, 0.717) is 0 Å². The van der Waals surface area contributed by atoms with Crippen molar-refractivity contribution >= 4 is 16.7 Å². The van der Waals surface area contributed by atoms with E-state index in [0.717, 1.165) is 24.6 Å². The van der Waals surface area contributed by atoms with Crippen molar-refractivity contribution in [3.63, 3.8) is 0 Å². The van der Waals surface area contributed by atoms with Crippen molar-refractivity contribution < 1.29 is 0 Å². The summed E-state index contributed by atoms with van der Waals surface area (Å²) in [6.07, 6.45) is 9.88. The van der Waals surface area contributed by atoms with Gasteiger partial charge in [-0.2, -0.15) is 0 Å². The molecule has 2 aromatic rings. The molecule has 0 aliphatic carbocycles. The van der Waals surface area contributed by atoms with Crippen LogP contribution in [0.5, 0.6) is 0 Å². The molecule has 4 heteroatoms. The Morgan fingerprint density at radius 3 is 2.36 bits per heavy atom. The number of pyridine rings is 1. The molecule has 0 unspecified atom stereocenters. The molecule has 0 spiro atoms. The number of anilines is 1. The third-order valence-electron chi connectivity index (χ3n) is 4.94. The number of aryl methyl sites for hydroxylation is 1. The predicted molar refractivity (Wildman–Crippen MR) is 109 cm³/mol. The number of hydrogen-bond acceptors (Lipinski definition) is 3. The lowest BCUT2D eigenvalue weighted by Gasteiger charge is -2.43. The monoisotopic (exact) mass is 342 g/mol. The molecule has 2 aliphatic heterocycles. The third kappa shape index (κ3) is 4.43. The zero-order valence-electron chi connectivity index (χ0n) is 16.4. The minimum absolute atomic E-state index is 0.822. The highest BCUT2D eigenvalue weighted by atomic mass is 15.2. The van der Waals surface area contributed by atoms with Crippen LogP contribution in [0.25, 0.3) is 11.0 Å². The van der Waals surface area contributed by atoms with Crippen molar-refractivity contribution in [2.24, 2.45) is 7.05 Å². The van der Waals surface area contributed by atoms with Gasteiger partial charge in [0, 0.05) is 38.6 Å². The molecule has 2 aromatic heterocycles. The fraction of sp³-hybridized carbons (Fsp3) is 0.571. The Hall–Kier alpha value is -1.81. The maximum absolute atomic E-state index is 4.59. The van der Waals surface area contributed by atoms with E-state index < -0.39 is 0 Å². The highest BCUT2D eigenvalue weighted by Gasteiger charge is 2.28. The van der Waals surface area contributed by atoms with E-state index in [-0.39, 0.29) is 0 Å². The van der Waals surface area contributed by atoms with E-state index in [2.05, 4.69) is 45.2 Å². The standard InChI is InChI=1S/C16H22N4.C3H6.C2H6/c1-18-12-15(16-14(18)4-2-7-17-16)20-10-5-13(6-11-20)19-8-3-9-19;1-3-2;1-2/h2,4,7,12-13H,3,5-6,8-11H2,1H3;3H,1H2,2H3;1-2H3. The van der Waals surface area contributed by atoms with Gasteiger partial charge >= 0.3 is 0 Å². The molecular weight excluding hydrogens is 308 g/mol. The molecule has 0 radical (unpaired) electrons. The summed E-state index contributed by atoms with van der Waals surface area (Å²) in [7, 11) is 2.11. The summed E-state index contributed by atoms with van der Waals surface area (Å²) in [5.74, 6) is 0. The molecule has 2 saturated heterocycles. The van der Waals surface area contributed by atoms with E-state index in [4.69, 9.17) is 0 Å². The molecule has 138 valence electrons. The summed E-state index contributed by atoms with van der Waals surface area (Å²) >= 11 is 0. The first-order valence-electron chi connectivity index (χ1n) is 9.70. The molecule has 4 heterocycles. The van der Waals surface area contributed by atoms with Crippen molar-refractivity contribution in [2.75, 3.05) is 31.1 Å². The Labute approximate surface area is 153 Å². The van der Waals surface area contributed by atoms with Gasteiger partial charge in [0.1, 0.15) is 5.52 Å². The normalized spacial score (nSPS) is 17.8. The van der Waals surface area contributed by atoms with Gasteiger partial charge in [-0.1, -0.05) is 19.9 Å². The van der Waals surface area contributed by atoms with E-state index in [1.807, 2.05) is 33.0 Å². The zero-order chi connectivity index (χ0) is 18.2. The molecular formula is C21H34N4. The van der Waals surface area contributed by atoms with Crippen LogP contribution in [-0.4, -0.2) is 46.7 Å². The highest BCUT2D eigenvalue weighted by Crippen LogP contribution is 2.30. The van der Waals surface area contributed by atoms with Gasteiger partial charge in [0.25, 0.3) is 0 Å². The molecule has 0 N–H and O–H groups in total. The van der Waals surface area contributed by atoms with Crippen LogP contribution >= 0.6 is 0 Å². The second-order valence-electron chi connectivity index (χ2n) is 6.51. The summed E-state index contributed by atoms with van der Waals surface area (Å²) in [6, 6.07) is 4.99. The van der Waals surface area contributed by atoms with E-state index >= 15 is 0 Å². The first-order chi connectivity index (χ1) is 12.2. The number of aromatic nitrogens is 2. The van der Waals surface area contributed by atoms with Crippen LogP contribution in [0.4, 0.5) is 5.69 Å². The number of fused-ring (bicyclic) bond motifs is 1. The fourth-order valence-corrected chi connectivity index (χ4v) is 3.60. The zero-order valence-corrected chi connectivity index (χ0v) is 16.4. The minimum Gasteiger partial charge on any atom is -0.368 e. The van der Waals surface area contributed by atoms with Crippen molar-refractivity contribution in [1.82, 2.24) is 14.5 Å². The van der Waals surface area contributed by atoms with Crippen LogP contribution in [0.1, 0.15) is 40.0 Å². The largest absolute Gasteiger partial charge is 0.368 e. The number of likely N-dealkylation sites (tertiary alicyclic amines) is 1. The molecule has 0 amide bonds. The van der Waals surface area contributed by atoms with Crippen LogP contribution in [0.15, 0.2) is 37.2 Å². The minimum atomic E-state index is 0.822. The number of allylic oxidation sites excluding steroid dienone is 1. The quantitative estimate of drug-likeness (QED) is 0.753. The third-order valence-corrected chi connectivity index (χ3v) is 4.94. The number of piperidine rings is 1. The Morgan fingerprint density at radius 2 is 1.80 bits per heavy atom. The lowest BCUT2D eigenvalue weighted by molar-refractivity contribution is 0.100. The van der Waals surface area contributed by atoms with Crippen LogP contribution in [0.2, 0.25) is 0 Å². The molecule has 2 fully saturated rings. The first-order valence-corrected chi connectivity index (χ1v) is 9.70. The fourth-order valence-electron chi connectivity index (χ4n) is 3.60. The Morgan fingerprint density at radius 1 is 1.16 bits per heavy atom. The van der Waals surface area contributed by atoms with Gasteiger partial charge in [-0.15, -0.1) is 6.58 Å². The SMILES string of the molecule is C=CC.CC.Cn1cc(N2CCC(N3CCC3)CC2)c2ncccc21. The Kier molecular flexibility index (Phi) is 7.51. The maximum Gasteiger partial charge on any atom is 0.111 e. The lowest BCUT2D eigenvalue weighted by Crippen LogP contribution is -2.50. The molecule has 0 saturated carbocycles. The van der Waals surface area contributed by atoms with Crippen LogP contribution < -0.4 is 4.90 Å². The predicted octanol–water partition coefficient (Wildman–Crippen LogP) is 4.47. The summed E-state index contributed by atoms with van der Waals surface area (Å²) in [6.45, 7) is 14.2. The highest BCUT2D eigenvalue weighted by molar-refractivity contribution is 5.89. The van der Waals surface area contributed by atoms with E-state index in [9.17, 15) is 0 Å².